The van der Waals surface area contributed by atoms with E-state index in [4.69, 9.17) is 9.47 Å². The second kappa shape index (κ2) is 8.04. The number of carbonyl (C=O) groups excluding carboxylic acids is 2. The Hall–Kier alpha value is -1.82. The highest BCUT2D eigenvalue weighted by Crippen LogP contribution is 2.35. The summed E-state index contributed by atoms with van der Waals surface area (Å²) >= 11 is 3.41. The highest BCUT2D eigenvalue weighted by atomic mass is 79.9. The van der Waals surface area contributed by atoms with Gasteiger partial charge in [-0.05, 0) is 30.5 Å². The Morgan fingerprint density at radius 2 is 2.20 bits per heavy atom. The average Bonchev–Trinajstić information content (AvgIpc) is 2.97. The lowest BCUT2D eigenvalue weighted by molar-refractivity contribution is 0.0601. The van der Waals surface area contributed by atoms with Crippen LogP contribution in [-0.4, -0.2) is 55.1 Å². The number of methoxy groups -OCH3 is 1. The summed E-state index contributed by atoms with van der Waals surface area (Å²) in [6.45, 7) is 2.70. The maximum Gasteiger partial charge on any atom is 0.339 e. The fourth-order valence-corrected chi connectivity index (χ4v) is 3.75. The van der Waals surface area contributed by atoms with Crippen molar-refractivity contribution in [3.8, 4) is 0 Å². The van der Waals surface area contributed by atoms with Crippen molar-refractivity contribution in [2.45, 2.75) is 25.4 Å². The van der Waals surface area contributed by atoms with Crippen molar-refractivity contribution < 1.29 is 19.1 Å². The van der Waals surface area contributed by atoms with Crippen LogP contribution < -0.4 is 5.32 Å². The molecule has 134 valence electrons. The molecule has 7 heteroatoms. The monoisotopic (exact) mass is 408 g/mol. The van der Waals surface area contributed by atoms with Gasteiger partial charge in [0.1, 0.15) is 5.70 Å². The van der Waals surface area contributed by atoms with E-state index in [2.05, 4.69) is 27.2 Å². The van der Waals surface area contributed by atoms with Crippen LogP contribution in [0.15, 0.2) is 12.1 Å². The molecule has 0 bridgehead atoms. The first-order chi connectivity index (χ1) is 12.2. The minimum Gasteiger partial charge on any atom is -0.465 e. The molecule has 0 aromatic heterocycles. The highest BCUT2D eigenvalue weighted by Gasteiger charge is 2.28. The first-order valence-electron chi connectivity index (χ1n) is 8.33. The first kappa shape index (κ1) is 18.0. The number of fused-ring (bicyclic) bond motifs is 1. The molecule has 1 fully saturated rings. The van der Waals surface area contributed by atoms with E-state index >= 15 is 0 Å². The predicted molar refractivity (Wildman–Crippen MR) is 98.5 cm³/mol. The van der Waals surface area contributed by atoms with Crippen molar-refractivity contribution >= 4 is 39.2 Å². The summed E-state index contributed by atoms with van der Waals surface area (Å²) in [6.07, 6.45) is 1.76. The third-order valence-electron chi connectivity index (χ3n) is 4.61. The number of nitrogens with zero attached hydrogens (tertiary/aromatic N) is 1. The first-order valence-corrected chi connectivity index (χ1v) is 9.46. The summed E-state index contributed by atoms with van der Waals surface area (Å²) in [5.41, 5.74) is 3.51. The van der Waals surface area contributed by atoms with E-state index in [1.165, 1.54) is 7.11 Å². The number of hydrogen-bond acceptors (Lipinski definition) is 6. The number of hydrogen-bond donors (Lipinski definition) is 1. The molecule has 25 heavy (non-hydrogen) atoms. The number of rotatable bonds is 5. The van der Waals surface area contributed by atoms with Crippen molar-refractivity contribution in [2.75, 3.05) is 37.5 Å². The van der Waals surface area contributed by atoms with Crippen molar-refractivity contribution in [3.05, 3.63) is 28.8 Å². The highest BCUT2D eigenvalue weighted by molar-refractivity contribution is 9.09. The van der Waals surface area contributed by atoms with Gasteiger partial charge in [-0.3, -0.25) is 0 Å². The molecule has 2 aliphatic heterocycles. The van der Waals surface area contributed by atoms with E-state index in [9.17, 15) is 9.59 Å². The smallest absolute Gasteiger partial charge is 0.339 e. The third kappa shape index (κ3) is 3.73. The van der Waals surface area contributed by atoms with Gasteiger partial charge in [-0.2, -0.15) is 0 Å². The fraction of sp³-hybridized carbons (Fsp3) is 0.500. The maximum absolute atomic E-state index is 12.2. The lowest BCUT2D eigenvalue weighted by atomic mass is 10.0. The zero-order chi connectivity index (χ0) is 17.8. The fourth-order valence-electron chi connectivity index (χ4n) is 3.32. The summed E-state index contributed by atoms with van der Waals surface area (Å²) in [4.78, 5) is 25.7. The number of carbonyl (C=O) groups is 1. The van der Waals surface area contributed by atoms with Gasteiger partial charge in [0.2, 0.25) is 0 Å². The van der Waals surface area contributed by atoms with E-state index < -0.39 is 0 Å². The van der Waals surface area contributed by atoms with Crippen LogP contribution in [0.4, 0.5) is 5.69 Å². The van der Waals surface area contributed by atoms with Gasteiger partial charge in [0, 0.05) is 48.9 Å². The molecule has 1 aromatic rings. The Balaban J connectivity index is 1.98. The Kier molecular flexibility index (Phi) is 5.78. The topological polar surface area (TPSA) is 67.9 Å². The number of halogens is 1. The van der Waals surface area contributed by atoms with Gasteiger partial charge in [0.05, 0.1) is 12.7 Å². The second-order valence-corrected chi connectivity index (χ2v) is 6.93. The van der Waals surface area contributed by atoms with Crippen LogP contribution in [0.25, 0.3) is 5.70 Å². The van der Waals surface area contributed by atoms with Crippen LogP contribution in [0.3, 0.4) is 0 Å². The molecule has 1 aromatic carbocycles. The number of nitrogens with one attached hydrogen (secondary N) is 1. The standard InChI is InChI=1S/C18H21BrN2O4/c1-24-18(23)15-8-12-10-21(5-4-19)17(11-22)14(12)9-16(15)20-13-2-6-25-7-3-13/h8-9,13,20H,2-7,10H2,1H3. The molecule has 0 radical (unpaired) electrons. The Morgan fingerprint density at radius 3 is 2.84 bits per heavy atom. The lowest BCUT2D eigenvalue weighted by Crippen LogP contribution is -2.28. The van der Waals surface area contributed by atoms with Gasteiger partial charge in [0.15, 0.2) is 5.94 Å². The van der Waals surface area contributed by atoms with Gasteiger partial charge in [-0.1, -0.05) is 15.9 Å². The Morgan fingerprint density at radius 1 is 1.44 bits per heavy atom. The quantitative estimate of drug-likeness (QED) is 0.458. The molecule has 3 rings (SSSR count). The van der Waals surface area contributed by atoms with Gasteiger partial charge in [0.25, 0.3) is 0 Å². The van der Waals surface area contributed by atoms with Crippen molar-refractivity contribution in [1.29, 1.82) is 0 Å². The normalized spacial score (nSPS) is 17.2. The molecule has 0 saturated carbocycles. The number of anilines is 1. The molecule has 2 heterocycles. The summed E-state index contributed by atoms with van der Waals surface area (Å²) in [5, 5.41) is 4.19. The number of alkyl halides is 1. The van der Waals surface area contributed by atoms with E-state index in [1.54, 1.807) is 0 Å². The molecule has 2 aliphatic rings. The Bertz CT molecular complexity index is 709. The van der Waals surface area contributed by atoms with Crippen molar-refractivity contribution in [1.82, 2.24) is 4.90 Å². The zero-order valence-corrected chi connectivity index (χ0v) is 15.7. The lowest BCUT2D eigenvalue weighted by Gasteiger charge is -2.25. The van der Waals surface area contributed by atoms with E-state index in [1.807, 2.05) is 17.0 Å². The van der Waals surface area contributed by atoms with Gasteiger partial charge >= 0.3 is 5.97 Å². The number of esters is 1. The molecule has 0 amide bonds. The molecule has 0 atom stereocenters. The number of ether oxygens (including phenoxy) is 2. The zero-order valence-electron chi connectivity index (χ0n) is 14.1. The van der Waals surface area contributed by atoms with Crippen LogP contribution in [-0.2, 0) is 20.8 Å². The average molecular weight is 409 g/mol. The predicted octanol–water partition coefficient (Wildman–Crippen LogP) is 2.45. The summed E-state index contributed by atoms with van der Waals surface area (Å²) in [6, 6.07) is 3.94. The molecular formula is C18H21BrN2O4. The van der Waals surface area contributed by atoms with Crippen LogP contribution in [0.2, 0.25) is 0 Å². The number of benzene rings is 1. The maximum atomic E-state index is 12.2. The molecule has 1 saturated heterocycles. The molecule has 0 spiro atoms. The minimum atomic E-state index is -0.382. The largest absolute Gasteiger partial charge is 0.465 e. The molecule has 6 nitrogen and oxygen atoms in total. The molecule has 0 unspecified atom stereocenters. The molecule has 1 N–H and O–H groups in total. The van der Waals surface area contributed by atoms with E-state index in [-0.39, 0.29) is 12.0 Å². The van der Waals surface area contributed by atoms with E-state index in [0.29, 0.717) is 43.3 Å². The summed E-state index contributed by atoms with van der Waals surface area (Å²) in [7, 11) is 1.38. The van der Waals surface area contributed by atoms with Gasteiger partial charge < -0.3 is 19.7 Å². The SMILES string of the molecule is COC(=O)c1cc2c(cc1NC1CCOCC1)C(=C=O)N(CCBr)C2. The van der Waals surface area contributed by atoms with Crippen molar-refractivity contribution in [3.63, 3.8) is 0 Å². The van der Waals surface area contributed by atoms with Gasteiger partial charge in [-0.25, -0.2) is 9.59 Å². The molecular weight excluding hydrogens is 388 g/mol. The van der Waals surface area contributed by atoms with Crippen LogP contribution in [0.5, 0.6) is 0 Å². The minimum absolute atomic E-state index is 0.235. The van der Waals surface area contributed by atoms with Crippen LogP contribution in [0, 0.1) is 0 Å². The van der Waals surface area contributed by atoms with Crippen LogP contribution >= 0.6 is 15.9 Å². The third-order valence-corrected chi connectivity index (χ3v) is 4.97. The van der Waals surface area contributed by atoms with Crippen LogP contribution in [0.1, 0.15) is 34.3 Å². The Labute approximate surface area is 155 Å². The molecule has 0 aliphatic carbocycles. The second-order valence-electron chi connectivity index (χ2n) is 6.14. The van der Waals surface area contributed by atoms with Gasteiger partial charge in [-0.15, -0.1) is 0 Å². The van der Waals surface area contributed by atoms with Crippen molar-refractivity contribution in [2.24, 2.45) is 0 Å². The van der Waals surface area contributed by atoms with E-state index in [0.717, 1.165) is 29.3 Å². The summed E-state index contributed by atoms with van der Waals surface area (Å²) < 4.78 is 10.3. The summed E-state index contributed by atoms with van der Waals surface area (Å²) in [5.74, 6) is 1.67.